The van der Waals surface area contributed by atoms with Gasteiger partial charge in [-0.05, 0) is 41.3 Å². The molecule has 1 aromatic heterocycles. The molecule has 0 aliphatic rings. The highest BCUT2D eigenvalue weighted by molar-refractivity contribution is 7.98. The van der Waals surface area contributed by atoms with E-state index in [4.69, 9.17) is 0 Å². The lowest BCUT2D eigenvalue weighted by atomic mass is 9.98. The standard InChI is InChI=1S/C22H24N2O3S/c1-14(2)13-24-20(23(3)22(26)27)19(15-8-6-5-7-9-15)18-12-16(28-4)10-11-17(18)21(24)25/h5-12,14H,13H2,1-4H3,(H,26,27). The van der Waals surface area contributed by atoms with Crippen molar-refractivity contribution in [2.24, 2.45) is 5.92 Å². The first-order valence-corrected chi connectivity index (χ1v) is 10.3. The molecule has 2 aromatic carbocycles. The minimum atomic E-state index is -1.10. The molecule has 1 N–H and O–H groups in total. The molecule has 5 nitrogen and oxygen atoms in total. The molecule has 0 aliphatic heterocycles. The molecular weight excluding hydrogens is 372 g/mol. The Kier molecular flexibility index (Phi) is 5.79. The topological polar surface area (TPSA) is 62.5 Å². The Morgan fingerprint density at radius 3 is 2.39 bits per heavy atom. The fourth-order valence-corrected chi connectivity index (χ4v) is 3.84. The first-order chi connectivity index (χ1) is 13.3. The van der Waals surface area contributed by atoms with Crippen LogP contribution in [0.15, 0.2) is 58.2 Å². The summed E-state index contributed by atoms with van der Waals surface area (Å²) in [6, 6.07) is 15.4. The summed E-state index contributed by atoms with van der Waals surface area (Å²) < 4.78 is 1.60. The SMILES string of the molecule is CSc1ccc2c(=O)n(CC(C)C)c(N(C)C(=O)O)c(-c3ccccc3)c2c1. The van der Waals surface area contributed by atoms with Crippen LogP contribution in [0.4, 0.5) is 10.6 Å². The summed E-state index contributed by atoms with van der Waals surface area (Å²) in [7, 11) is 1.49. The Bertz CT molecular complexity index is 1070. The second-order valence-corrected chi connectivity index (χ2v) is 8.01. The van der Waals surface area contributed by atoms with E-state index in [1.54, 1.807) is 16.3 Å². The first kappa shape index (κ1) is 20.0. The van der Waals surface area contributed by atoms with Crippen LogP contribution in [0.5, 0.6) is 0 Å². The molecule has 0 atom stereocenters. The van der Waals surface area contributed by atoms with Gasteiger partial charge in [-0.2, -0.15) is 0 Å². The van der Waals surface area contributed by atoms with Crippen molar-refractivity contribution in [1.29, 1.82) is 0 Å². The number of fused-ring (bicyclic) bond motifs is 1. The lowest BCUT2D eigenvalue weighted by Gasteiger charge is -2.26. The first-order valence-electron chi connectivity index (χ1n) is 9.11. The van der Waals surface area contributed by atoms with E-state index in [1.165, 1.54) is 7.05 Å². The average Bonchev–Trinajstić information content (AvgIpc) is 2.69. The van der Waals surface area contributed by atoms with Crippen molar-refractivity contribution in [3.8, 4) is 11.1 Å². The van der Waals surface area contributed by atoms with E-state index >= 15 is 0 Å². The predicted octanol–water partition coefficient (Wildman–Crippen LogP) is 5.16. The van der Waals surface area contributed by atoms with Gasteiger partial charge in [0.15, 0.2) is 0 Å². The average molecular weight is 397 g/mol. The maximum Gasteiger partial charge on any atom is 0.412 e. The second kappa shape index (κ2) is 8.10. The summed E-state index contributed by atoms with van der Waals surface area (Å²) in [4.78, 5) is 27.4. The summed E-state index contributed by atoms with van der Waals surface area (Å²) in [5.74, 6) is 0.591. The van der Waals surface area contributed by atoms with Gasteiger partial charge in [0, 0.05) is 29.4 Å². The lowest BCUT2D eigenvalue weighted by molar-refractivity contribution is 0.203. The van der Waals surface area contributed by atoms with Gasteiger partial charge in [0.1, 0.15) is 5.82 Å². The Morgan fingerprint density at radius 1 is 1.14 bits per heavy atom. The number of benzene rings is 2. The number of amides is 1. The van der Waals surface area contributed by atoms with E-state index in [2.05, 4.69) is 0 Å². The van der Waals surface area contributed by atoms with E-state index in [-0.39, 0.29) is 11.5 Å². The van der Waals surface area contributed by atoms with Gasteiger partial charge in [-0.3, -0.25) is 14.3 Å². The number of carboxylic acid groups (broad SMARTS) is 1. The molecule has 0 unspecified atom stereocenters. The quantitative estimate of drug-likeness (QED) is 0.605. The Hall–Kier alpha value is -2.73. The van der Waals surface area contributed by atoms with Gasteiger partial charge < -0.3 is 5.11 Å². The highest BCUT2D eigenvalue weighted by Gasteiger charge is 2.24. The van der Waals surface area contributed by atoms with Gasteiger partial charge in [-0.1, -0.05) is 44.2 Å². The third-order valence-electron chi connectivity index (χ3n) is 4.67. The highest BCUT2D eigenvalue weighted by Crippen LogP contribution is 2.37. The molecule has 1 amide bonds. The second-order valence-electron chi connectivity index (χ2n) is 7.13. The van der Waals surface area contributed by atoms with E-state index in [0.717, 1.165) is 26.3 Å². The number of pyridine rings is 1. The van der Waals surface area contributed by atoms with Crippen LogP contribution in [-0.4, -0.2) is 29.1 Å². The van der Waals surface area contributed by atoms with E-state index < -0.39 is 6.09 Å². The van der Waals surface area contributed by atoms with Gasteiger partial charge in [0.2, 0.25) is 0 Å². The number of carbonyl (C=O) groups is 1. The van der Waals surface area contributed by atoms with Crippen LogP contribution in [-0.2, 0) is 6.54 Å². The molecule has 6 heteroatoms. The van der Waals surface area contributed by atoms with Crippen molar-refractivity contribution in [3.05, 3.63) is 58.9 Å². The zero-order chi connectivity index (χ0) is 20.4. The number of thioether (sulfide) groups is 1. The number of nitrogens with zero attached hydrogens (tertiary/aromatic N) is 2. The molecule has 0 fully saturated rings. The number of hydrogen-bond acceptors (Lipinski definition) is 3. The zero-order valence-corrected chi connectivity index (χ0v) is 17.3. The lowest BCUT2D eigenvalue weighted by Crippen LogP contribution is -2.34. The molecule has 0 radical (unpaired) electrons. The van der Waals surface area contributed by atoms with Crippen molar-refractivity contribution in [1.82, 2.24) is 4.57 Å². The molecule has 0 saturated heterocycles. The van der Waals surface area contributed by atoms with Gasteiger partial charge >= 0.3 is 6.09 Å². The summed E-state index contributed by atoms with van der Waals surface area (Å²) in [5, 5.41) is 11.1. The molecule has 0 saturated carbocycles. The largest absolute Gasteiger partial charge is 0.465 e. The van der Waals surface area contributed by atoms with Crippen molar-refractivity contribution in [3.63, 3.8) is 0 Å². The van der Waals surface area contributed by atoms with E-state index in [9.17, 15) is 14.7 Å². The molecule has 3 aromatic rings. The molecule has 0 spiro atoms. The number of rotatable bonds is 5. The van der Waals surface area contributed by atoms with Gasteiger partial charge in [-0.15, -0.1) is 11.8 Å². The molecule has 0 bridgehead atoms. The molecular formula is C22H24N2O3S. The van der Waals surface area contributed by atoms with Crippen LogP contribution in [0.2, 0.25) is 0 Å². The van der Waals surface area contributed by atoms with E-state index in [0.29, 0.717) is 17.7 Å². The molecule has 28 heavy (non-hydrogen) atoms. The van der Waals surface area contributed by atoms with Gasteiger partial charge in [0.25, 0.3) is 5.56 Å². The van der Waals surface area contributed by atoms with Gasteiger partial charge in [0.05, 0.1) is 0 Å². The molecule has 1 heterocycles. The third-order valence-corrected chi connectivity index (χ3v) is 5.39. The predicted molar refractivity (Wildman–Crippen MR) is 117 cm³/mol. The van der Waals surface area contributed by atoms with Crippen LogP contribution in [0, 0.1) is 5.92 Å². The fourth-order valence-electron chi connectivity index (χ4n) is 3.40. The van der Waals surface area contributed by atoms with E-state index in [1.807, 2.05) is 68.6 Å². The van der Waals surface area contributed by atoms with Crippen LogP contribution < -0.4 is 10.5 Å². The highest BCUT2D eigenvalue weighted by atomic mass is 32.2. The maximum atomic E-state index is 13.3. The maximum absolute atomic E-state index is 13.3. The van der Waals surface area contributed by atoms with Crippen LogP contribution in [0.3, 0.4) is 0 Å². The monoisotopic (exact) mass is 396 g/mol. The summed E-state index contributed by atoms with van der Waals surface area (Å²) in [6.45, 7) is 4.46. The van der Waals surface area contributed by atoms with Crippen LogP contribution >= 0.6 is 11.8 Å². The fraction of sp³-hybridized carbons (Fsp3) is 0.273. The summed E-state index contributed by atoms with van der Waals surface area (Å²) in [5.41, 5.74) is 1.47. The van der Waals surface area contributed by atoms with Crippen LogP contribution in [0.1, 0.15) is 13.8 Å². The van der Waals surface area contributed by atoms with Crippen molar-refractivity contribution >= 4 is 34.4 Å². The smallest absolute Gasteiger partial charge is 0.412 e. The minimum absolute atomic E-state index is 0.167. The van der Waals surface area contributed by atoms with Gasteiger partial charge in [-0.25, -0.2) is 4.79 Å². The molecule has 146 valence electrons. The van der Waals surface area contributed by atoms with Crippen molar-refractivity contribution in [2.75, 3.05) is 18.2 Å². The Balaban J connectivity index is 2.55. The Labute approximate surface area is 168 Å². The summed E-state index contributed by atoms with van der Waals surface area (Å²) >= 11 is 1.59. The minimum Gasteiger partial charge on any atom is -0.465 e. The third kappa shape index (κ3) is 3.64. The van der Waals surface area contributed by atoms with Crippen molar-refractivity contribution < 1.29 is 9.90 Å². The summed E-state index contributed by atoms with van der Waals surface area (Å²) in [6.07, 6.45) is 0.877. The molecule has 0 aliphatic carbocycles. The van der Waals surface area contributed by atoms with Crippen molar-refractivity contribution in [2.45, 2.75) is 25.3 Å². The normalized spacial score (nSPS) is 11.2. The number of aromatic nitrogens is 1. The zero-order valence-electron chi connectivity index (χ0n) is 16.5. The molecule has 3 rings (SSSR count). The Morgan fingerprint density at radius 2 is 1.82 bits per heavy atom. The number of anilines is 1. The van der Waals surface area contributed by atoms with Crippen LogP contribution in [0.25, 0.3) is 21.9 Å². The number of hydrogen-bond donors (Lipinski definition) is 1.